The minimum Gasteiger partial charge on any atom is -0.465 e. The van der Waals surface area contributed by atoms with Crippen LogP contribution >= 0.6 is 15.9 Å². The second-order valence-electron chi connectivity index (χ2n) is 2.70. The summed E-state index contributed by atoms with van der Waals surface area (Å²) in [6.07, 6.45) is 1.75. The van der Waals surface area contributed by atoms with E-state index in [1.54, 1.807) is 6.08 Å². The predicted molar refractivity (Wildman–Crippen MR) is 59.8 cm³/mol. The maximum atomic E-state index is 11.3. The van der Waals surface area contributed by atoms with Crippen LogP contribution in [0.4, 0.5) is 0 Å². The summed E-state index contributed by atoms with van der Waals surface area (Å²) in [5.41, 5.74) is 1.45. The Balaban J connectivity index is 3.03. The molecule has 0 aliphatic rings. The lowest BCUT2D eigenvalue weighted by Gasteiger charge is -2.04. The molecule has 0 heterocycles. The van der Waals surface area contributed by atoms with Crippen molar-refractivity contribution in [2.75, 3.05) is 7.11 Å². The van der Waals surface area contributed by atoms with Crippen LogP contribution in [-0.4, -0.2) is 13.1 Å². The van der Waals surface area contributed by atoms with Crippen molar-refractivity contribution in [1.82, 2.24) is 0 Å². The smallest absolute Gasteiger partial charge is 0.338 e. The molecule has 0 amide bonds. The monoisotopic (exact) mass is 254 g/mol. The summed E-state index contributed by atoms with van der Waals surface area (Å²) in [5, 5.41) is 0. The van der Waals surface area contributed by atoms with Crippen molar-refractivity contribution < 1.29 is 9.53 Å². The maximum Gasteiger partial charge on any atom is 0.338 e. The molecule has 0 aliphatic carbocycles. The summed E-state index contributed by atoms with van der Waals surface area (Å²) in [5.74, 6) is -0.310. The number of halogens is 1. The second kappa shape index (κ2) is 4.96. The van der Waals surface area contributed by atoms with Gasteiger partial charge in [-0.05, 0) is 24.6 Å². The molecule has 1 aromatic carbocycles. The van der Waals surface area contributed by atoms with E-state index in [9.17, 15) is 4.79 Å². The van der Waals surface area contributed by atoms with Crippen molar-refractivity contribution in [1.29, 1.82) is 0 Å². The lowest BCUT2D eigenvalue weighted by Crippen LogP contribution is -2.03. The van der Waals surface area contributed by atoms with Gasteiger partial charge in [-0.1, -0.05) is 34.1 Å². The first-order valence-electron chi connectivity index (χ1n) is 4.19. The zero-order chi connectivity index (χ0) is 10.6. The molecular formula is C11H11BrO2. The molecule has 0 fully saturated rings. The van der Waals surface area contributed by atoms with Crippen molar-refractivity contribution >= 4 is 27.5 Å². The van der Waals surface area contributed by atoms with E-state index in [0.29, 0.717) is 5.57 Å². The number of benzene rings is 1. The van der Waals surface area contributed by atoms with Crippen LogP contribution in [0.25, 0.3) is 5.57 Å². The molecule has 0 radical (unpaired) electrons. The van der Waals surface area contributed by atoms with Gasteiger partial charge in [0.1, 0.15) is 0 Å². The highest BCUT2D eigenvalue weighted by atomic mass is 79.9. The Hall–Kier alpha value is -1.09. The molecule has 3 heteroatoms. The molecule has 2 nitrogen and oxygen atoms in total. The Morgan fingerprint density at radius 2 is 1.93 bits per heavy atom. The van der Waals surface area contributed by atoms with Crippen molar-refractivity contribution in [2.24, 2.45) is 0 Å². The Bertz CT molecular complexity index is 352. The number of rotatable bonds is 2. The molecule has 74 valence electrons. The summed E-state index contributed by atoms with van der Waals surface area (Å²) >= 11 is 3.33. The quantitative estimate of drug-likeness (QED) is 0.599. The zero-order valence-electron chi connectivity index (χ0n) is 8.08. The summed E-state index contributed by atoms with van der Waals surface area (Å²) in [6.45, 7) is 1.81. The average molecular weight is 255 g/mol. The Kier molecular flexibility index (Phi) is 3.89. The van der Waals surface area contributed by atoms with Crippen LogP contribution in [0.15, 0.2) is 34.8 Å². The SMILES string of the molecule is C/C=C(\C(=O)OC)c1ccc(Br)cc1. The summed E-state index contributed by atoms with van der Waals surface area (Å²) in [6, 6.07) is 7.52. The number of esters is 1. The van der Waals surface area contributed by atoms with E-state index in [-0.39, 0.29) is 5.97 Å². The molecule has 1 rings (SSSR count). The molecule has 14 heavy (non-hydrogen) atoms. The minimum atomic E-state index is -0.310. The molecule has 0 atom stereocenters. The van der Waals surface area contributed by atoms with E-state index in [2.05, 4.69) is 20.7 Å². The average Bonchev–Trinajstić information content (AvgIpc) is 2.21. The van der Waals surface area contributed by atoms with Crippen LogP contribution in [0.1, 0.15) is 12.5 Å². The molecular weight excluding hydrogens is 244 g/mol. The largest absolute Gasteiger partial charge is 0.465 e. The number of hydrogen-bond donors (Lipinski definition) is 0. The molecule has 0 saturated carbocycles. The van der Waals surface area contributed by atoms with E-state index >= 15 is 0 Å². The van der Waals surface area contributed by atoms with E-state index in [1.165, 1.54) is 7.11 Å². The Morgan fingerprint density at radius 3 is 2.36 bits per heavy atom. The zero-order valence-corrected chi connectivity index (χ0v) is 9.67. The molecule has 0 bridgehead atoms. The number of carbonyl (C=O) groups is 1. The molecule has 0 saturated heterocycles. The van der Waals surface area contributed by atoms with Crippen molar-refractivity contribution in [3.63, 3.8) is 0 Å². The molecule has 0 spiro atoms. The van der Waals surface area contributed by atoms with Gasteiger partial charge in [0.15, 0.2) is 0 Å². The van der Waals surface area contributed by atoms with Crippen molar-refractivity contribution in [3.05, 3.63) is 40.4 Å². The summed E-state index contributed by atoms with van der Waals surface area (Å²) < 4.78 is 5.66. The Morgan fingerprint density at radius 1 is 1.36 bits per heavy atom. The van der Waals surface area contributed by atoms with Gasteiger partial charge in [0.05, 0.1) is 12.7 Å². The predicted octanol–water partition coefficient (Wildman–Crippen LogP) is 3.03. The number of carbonyl (C=O) groups excluding carboxylic acids is 1. The van der Waals surface area contributed by atoms with Gasteiger partial charge in [0.25, 0.3) is 0 Å². The molecule has 1 aromatic rings. The van der Waals surface area contributed by atoms with Crippen LogP contribution < -0.4 is 0 Å². The van der Waals surface area contributed by atoms with Crippen LogP contribution in [0.5, 0.6) is 0 Å². The fourth-order valence-corrected chi connectivity index (χ4v) is 1.41. The normalized spacial score (nSPS) is 11.2. The van der Waals surface area contributed by atoms with Crippen LogP contribution in [0.3, 0.4) is 0 Å². The van der Waals surface area contributed by atoms with Crippen LogP contribution in [0.2, 0.25) is 0 Å². The fourth-order valence-electron chi connectivity index (χ4n) is 1.14. The lowest BCUT2D eigenvalue weighted by molar-refractivity contribution is -0.133. The van der Waals surface area contributed by atoms with Gasteiger partial charge < -0.3 is 4.74 Å². The van der Waals surface area contributed by atoms with Gasteiger partial charge in [-0.2, -0.15) is 0 Å². The van der Waals surface area contributed by atoms with E-state index in [0.717, 1.165) is 10.0 Å². The second-order valence-corrected chi connectivity index (χ2v) is 3.62. The van der Waals surface area contributed by atoms with E-state index in [1.807, 2.05) is 31.2 Å². The minimum absolute atomic E-state index is 0.310. The Labute approximate surface area is 91.7 Å². The number of ether oxygens (including phenoxy) is 1. The number of methoxy groups -OCH3 is 1. The van der Waals surface area contributed by atoms with Crippen LogP contribution in [-0.2, 0) is 9.53 Å². The maximum absolute atomic E-state index is 11.3. The van der Waals surface area contributed by atoms with Gasteiger partial charge in [0.2, 0.25) is 0 Å². The third-order valence-corrected chi connectivity index (χ3v) is 2.38. The lowest BCUT2D eigenvalue weighted by atomic mass is 10.1. The third kappa shape index (κ3) is 2.45. The topological polar surface area (TPSA) is 26.3 Å². The first-order chi connectivity index (χ1) is 6.69. The first kappa shape index (κ1) is 11.0. The van der Waals surface area contributed by atoms with Gasteiger partial charge in [0, 0.05) is 4.47 Å². The number of allylic oxidation sites excluding steroid dienone is 1. The van der Waals surface area contributed by atoms with E-state index < -0.39 is 0 Å². The van der Waals surface area contributed by atoms with Crippen molar-refractivity contribution in [3.8, 4) is 0 Å². The van der Waals surface area contributed by atoms with Gasteiger partial charge in [-0.3, -0.25) is 0 Å². The van der Waals surface area contributed by atoms with Gasteiger partial charge >= 0.3 is 5.97 Å². The number of hydrogen-bond acceptors (Lipinski definition) is 2. The van der Waals surface area contributed by atoms with Crippen molar-refractivity contribution in [2.45, 2.75) is 6.92 Å². The van der Waals surface area contributed by atoms with Gasteiger partial charge in [-0.25, -0.2) is 4.79 Å². The highest BCUT2D eigenvalue weighted by Crippen LogP contribution is 2.18. The first-order valence-corrected chi connectivity index (χ1v) is 4.99. The molecule has 0 aromatic heterocycles. The third-order valence-electron chi connectivity index (χ3n) is 1.85. The highest BCUT2D eigenvalue weighted by molar-refractivity contribution is 9.10. The summed E-state index contributed by atoms with van der Waals surface area (Å²) in [7, 11) is 1.38. The standard InChI is InChI=1S/C11H11BrO2/c1-3-10(11(13)14-2)8-4-6-9(12)7-5-8/h3-7H,1-2H3/b10-3-. The molecule has 0 N–H and O–H groups in total. The van der Waals surface area contributed by atoms with Crippen LogP contribution in [0, 0.1) is 0 Å². The molecule has 0 unspecified atom stereocenters. The molecule has 0 aliphatic heterocycles. The summed E-state index contributed by atoms with van der Waals surface area (Å²) in [4.78, 5) is 11.3. The van der Waals surface area contributed by atoms with Gasteiger partial charge in [-0.15, -0.1) is 0 Å². The van der Waals surface area contributed by atoms with E-state index in [4.69, 9.17) is 0 Å². The highest BCUT2D eigenvalue weighted by Gasteiger charge is 2.10. The fraction of sp³-hybridized carbons (Fsp3) is 0.182.